The zero-order valence-electron chi connectivity index (χ0n) is 22.7. The Hall–Kier alpha value is -4.02. The topological polar surface area (TPSA) is 98.8 Å². The van der Waals surface area contributed by atoms with Crippen molar-refractivity contribution in [1.29, 1.82) is 0 Å². The summed E-state index contributed by atoms with van der Waals surface area (Å²) in [6.45, 7) is 4.52. The number of thiazole rings is 1. The molecule has 0 fully saturated rings. The van der Waals surface area contributed by atoms with Crippen molar-refractivity contribution in [3.05, 3.63) is 77.7 Å². The molecule has 0 saturated heterocycles. The van der Waals surface area contributed by atoms with Gasteiger partial charge in [-0.15, -0.1) is 23.1 Å². The Labute approximate surface area is 242 Å². The smallest absolute Gasteiger partial charge is 0.255 e. The minimum atomic E-state index is -0.338. The zero-order chi connectivity index (χ0) is 28.5. The van der Waals surface area contributed by atoms with Gasteiger partial charge in [0.2, 0.25) is 5.91 Å². The van der Waals surface area contributed by atoms with Gasteiger partial charge in [0.1, 0.15) is 5.75 Å². The van der Waals surface area contributed by atoms with Crippen LogP contribution < -0.4 is 24.8 Å². The summed E-state index contributed by atoms with van der Waals surface area (Å²) in [5.74, 6) is 1.43. The molecule has 1 aromatic heterocycles. The second-order valence-electron chi connectivity index (χ2n) is 8.55. The maximum atomic E-state index is 13.1. The van der Waals surface area contributed by atoms with Gasteiger partial charge in [0.25, 0.3) is 5.91 Å². The van der Waals surface area contributed by atoms with Crippen molar-refractivity contribution in [2.75, 3.05) is 31.5 Å². The van der Waals surface area contributed by atoms with Crippen molar-refractivity contribution in [1.82, 2.24) is 4.98 Å². The Kier molecular flexibility index (Phi) is 10.0. The van der Waals surface area contributed by atoms with Crippen molar-refractivity contribution < 1.29 is 23.8 Å². The van der Waals surface area contributed by atoms with E-state index in [1.807, 2.05) is 67.8 Å². The van der Waals surface area contributed by atoms with E-state index >= 15 is 0 Å². The quantitative estimate of drug-likeness (QED) is 0.175. The number of rotatable bonds is 12. The van der Waals surface area contributed by atoms with Crippen molar-refractivity contribution in [2.45, 2.75) is 30.4 Å². The van der Waals surface area contributed by atoms with Gasteiger partial charge in [-0.1, -0.05) is 13.0 Å². The van der Waals surface area contributed by atoms with Gasteiger partial charge < -0.3 is 24.8 Å². The number of benzene rings is 3. The van der Waals surface area contributed by atoms with Crippen LogP contribution >= 0.6 is 23.1 Å². The molecule has 1 atom stereocenters. The van der Waals surface area contributed by atoms with Crippen LogP contribution in [0.2, 0.25) is 0 Å². The number of carbonyl (C=O) groups is 2. The normalized spacial score (nSPS) is 11.4. The molecule has 2 amide bonds. The molecule has 1 heterocycles. The highest BCUT2D eigenvalue weighted by Crippen LogP contribution is 2.31. The van der Waals surface area contributed by atoms with E-state index in [0.717, 1.165) is 21.9 Å². The average Bonchev–Trinajstić information content (AvgIpc) is 3.44. The number of carbonyl (C=O) groups excluding carboxylic acids is 2. The van der Waals surface area contributed by atoms with Gasteiger partial charge >= 0.3 is 0 Å². The van der Waals surface area contributed by atoms with Crippen molar-refractivity contribution in [3.63, 3.8) is 0 Å². The Balaban J connectivity index is 1.38. The van der Waals surface area contributed by atoms with Crippen LogP contribution in [-0.4, -0.2) is 42.9 Å². The number of methoxy groups -OCH3 is 2. The van der Waals surface area contributed by atoms with Crippen molar-refractivity contribution >= 4 is 45.7 Å². The molecular weight excluding hydrogens is 546 g/mol. The van der Waals surface area contributed by atoms with E-state index in [1.165, 1.54) is 30.2 Å². The first-order valence-corrected chi connectivity index (χ1v) is 14.5. The molecule has 0 spiro atoms. The minimum absolute atomic E-state index is 0.125. The van der Waals surface area contributed by atoms with Crippen molar-refractivity contribution in [2.24, 2.45) is 0 Å². The number of anilines is 2. The fraction of sp³-hybridized carbons (Fsp3) is 0.233. The third kappa shape index (κ3) is 7.34. The number of ether oxygens (including phenoxy) is 3. The molecule has 40 heavy (non-hydrogen) atoms. The highest BCUT2D eigenvalue weighted by molar-refractivity contribution is 8.00. The van der Waals surface area contributed by atoms with Crippen LogP contribution in [0, 0.1) is 0 Å². The molecule has 10 heteroatoms. The number of amides is 2. The van der Waals surface area contributed by atoms with Gasteiger partial charge in [0.05, 0.1) is 31.8 Å². The summed E-state index contributed by atoms with van der Waals surface area (Å²) >= 11 is 2.82. The molecule has 0 radical (unpaired) electrons. The van der Waals surface area contributed by atoms with Crippen LogP contribution in [0.3, 0.4) is 0 Å². The number of hydrogen-bond donors (Lipinski definition) is 2. The molecule has 3 aromatic carbocycles. The zero-order valence-corrected chi connectivity index (χ0v) is 24.4. The van der Waals surface area contributed by atoms with Crippen LogP contribution in [0.25, 0.3) is 11.3 Å². The Morgan fingerprint density at radius 1 is 0.950 bits per heavy atom. The highest BCUT2D eigenvalue weighted by atomic mass is 32.2. The van der Waals surface area contributed by atoms with E-state index in [0.29, 0.717) is 40.9 Å². The maximum absolute atomic E-state index is 13.1. The third-order valence-electron chi connectivity index (χ3n) is 5.87. The third-order valence-corrected chi connectivity index (χ3v) is 7.99. The molecule has 208 valence electrons. The van der Waals surface area contributed by atoms with Crippen LogP contribution in [0.4, 0.5) is 10.8 Å². The first-order chi connectivity index (χ1) is 19.4. The molecule has 1 unspecified atom stereocenters. The molecule has 2 N–H and O–H groups in total. The summed E-state index contributed by atoms with van der Waals surface area (Å²) in [4.78, 5) is 31.4. The number of nitrogens with zero attached hydrogens (tertiary/aromatic N) is 1. The number of thioether (sulfide) groups is 1. The summed E-state index contributed by atoms with van der Waals surface area (Å²) in [7, 11) is 3.07. The Bertz CT molecular complexity index is 1460. The molecule has 4 aromatic rings. The summed E-state index contributed by atoms with van der Waals surface area (Å²) in [5, 5.41) is 7.99. The summed E-state index contributed by atoms with van der Waals surface area (Å²) < 4.78 is 16.0. The molecule has 0 saturated carbocycles. The molecule has 8 nitrogen and oxygen atoms in total. The van der Waals surface area contributed by atoms with E-state index in [9.17, 15) is 9.59 Å². The van der Waals surface area contributed by atoms with Gasteiger partial charge in [-0.2, -0.15) is 0 Å². The first-order valence-electron chi connectivity index (χ1n) is 12.7. The second-order valence-corrected chi connectivity index (χ2v) is 10.7. The van der Waals surface area contributed by atoms with E-state index in [1.54, 1.807) is 25.3 Å². The number of hydrogen-bond acceptors (Lipinski definition) is 8. The molecule has 0 bridgehead atoms. The summed E-state index contributed by atoms with van der Waals surface area (Å²) in [5.41, 5.74) is 2.81. The Morgan fingerprint density at radius 3 is 2.42 bits per heavy atom. The molecule has 0 aliphatic heterocycles. The van der Waals surface area contributed by atoms with E-state index in [4.69, 9.17) is 14.2 Å². The minimum Gasteiger partial charge on any atom is -0.494 e. The van der Waals surface area contributed by atoms with Crippen LogP contribution in [0.1, 0.15) is 30.6 Å². The lowest BCUT2D eigenvalue weighted by atomic mass is 10.2. The predicted octanol–water partition coefficient (Wildman–Crippen LogP) is 6.99. The molecule has 0 aliphatic rings. The van der Waals surface area contributed by atoms with Crippen molar-refractivity contribution in [3.8, 4) is 28.5 Å². The van der Waals surface area contributed by atoms with Gasteiger partial charge in [0.15, 0.2) is 16.6 Å². The molecule has 0 aliphatic carbocycles. The van der Waals surface area contributed by atoms with Gasteiger partial charge in [0, 0.05) is 27.1 Å². The Morgan fingerprint density at radius 2 is 1.73 bits per heavy atom. The van der Waals surface area contributed by atoms with Crippen LogP contribution in [0.15, 0.2) is 77.0 Å². The standard InChI is InChI=1S/C30H31N3O5S2/c1-5-27(29(35)33-30-32-24(18-39-30)19-10-13-22(14-11-19)38-6-2)40-23-9-7-8-21(17-23)31-28(34)20-12-15-25(36-3)26(16-20)37-4/h7-18,27H,5-6H2,1-4H3,(H,31,34)(H,32,33,35). The van der Waals surface area contributed by atoms with E-state index in [2.05, 4.69) is 15.6 Å². The fourth-order valence-electron chi connectivity index (χ4n) is 3.85. The van der Waals surface area contributed by atoms with E-state index in [-0.39, 0.29) is 17.1 Å². The second kappa shape index (κ2) is 13.9. The van der Waals surface area contributed by atoms with Crippen LogP contribution in [-0.2, 0) is 4.79 Å². The average molecular weight is 578 g/mol. The van der Waals surface area contributed by atoms with Gasteiger partial charge in [-0.25, -0.2) is 4.98 Å². The predicted molar refractivity (Wildman–Crippen MR) is 161 cm³/mol. The van der Waals surface area contributed by atoms with Gasteiger partial charge in [-0.05, 0) is 74.0 Å². The monoisotopic (exact) mass is 577 g/mol. The number of nitrogens with one attached hydrogen (secondary N) is 2. The SMILES string of the molecule is CCOc1ccc(-c2csc(NC(=O)C(CC)Sc3cccc(NC(=O)c4ccc(OC)c(OC)c4)c3)n2)cc1. The maximum Gasteiger partial charge on any atom is 0.255 e. The summed E-state index contributed by atoms with van der Waals surface area (Å²) in [6.07, 6.45) is 0.621. The molecular formula is C30H31N3O5S2. The fourth-order valence-corrected chi connectivity index (χ4v) is 5.59. The lowest BCUT2D eigenvalue weighted by molar-refractivity contribution is -0.115. The summed E-state index contributed by atoms with van der Waals surface area (Å²) in [6, 6.07) is 20.1. The van der Waals surface area contributed by atoms with Crippen LogP contribution in [0.5, 0.6) is 17.2 Å². The lowest BCUT2D eigenvalue weighted by Gasteiger charge is -2.14. The van der Waals surface area contributed by atoms with E-state index < -0.39 is 0 Å². The largest absolute Gasteiger partial charge is 0.494 e. The first kappa shape index (κ1) is 29.0. The number of aromatic nitrogens is 1. The lowest BCUT2D eigenvalue weighted by Crippen LogP contribution is -2.24. The highest BCUT2D eigenvalue weighted by Gasteiger charge is 2.20. The molecule has 4 rings (SSSR count). The van der Waals surface area contributed by atoms with Gasteiger partial charge in [-0.3, -0.25) is 9.59 Å².